The maximum Gasteiger partial charge on any atom is 0.0701 e. The Hall–Kier alpha value is 0.700. The van der Waals surface area contributed by atoms with Gasteiger partial charge in [-0.3, -0.25) is 0 Å². The Bertz CT molecular complexity index is 502. The molecule has 2 atom stereocenters. The first-order valence-electron chi connectivity index (χ1n) is 7.52. The molecule has 1 aromatic rings. The molecule has 2 nitrogen and oxygen atoms in total. The van der Waals surface area contributed by atoms with E-state index < -0.39 is 0 Å². The highest BCUT2D eigenvalue weighted by Crippen LogP contribution is 2.43. The summed E-state index contributed by atoms with van der Waals surface area (Å²) in [6.07, 6.45) is 4.57. The predicted octanol–water partition coefficient (Wildman–Crippen LogP) is 4.75. The monoisotopic (exact) mass is 481 g/mol. The smallest absolute Gasteiger partial charge is 0.0701 e. The number of rotatable bonds is 2. The van der Waals surface area contributed by atoms with Crippen LogP contribution in [-0.2, 0) is 4.74 Å². The van der Waals surface area contributed by atoms with Crippen molar-refractivity contribution in [2.45, 2.75) is 37.3 Å². The van der Waals surface area contributed by atoms with E-state index in [2.05, 4.69) is 68.5 Å². The third kappa shape index (κ3) is 3.79. The van der Waals surface area contributed by atoms with Gasteiger partial charge in [0.2, 0.25) is 0 Å². The molecule has 21 heavy (non-hydrogen) atoms. The molecule has 2 aliphatic heterocycles. The second kappa shape index (κ2) is 7.07. The summed E-state index contributed by atoms with van der Waals surface area (Å²) in [5.74, 6) is 2.99. The highest BCUT2D eigenvalue weighted by molar-refractivity contribution is 14.1. The Morgan fingerprint density at radius 3 is 2.90 bits per heavy atom. The number of ether oxygens (including phenoxy) is 1. The van der Waals surface area contributed by atoms with E-state index in [4.69, 9.17) is 10.5 Å². The van der Waals surface area contributed by atoms with Gasteiger partial charge in [-0.05, 0) is 89.5 Å². The summed E-state index contributed by atoms with van der Waals surface area (Å²) < 4.78 is 8.58. The summed E-state index contributed by atoms with van der Waals surface area (Å²) in [6.45, 7) is 0.866. The van der Waals surface area contributed by atoms with Gasteiger partial charge in [0.05, 0.1) is 5.60 Å². The SMILES string of the molecule is NC(c1cc(I)ccc1Br)C1CCOC2(CCSCC2)C1. The van der Waals surface area contributed by atoms with Gasteiger partial charge in [0.1, 0.15) is 0 Å². The molecule has 0 aromatic heterocycles. The molecule has 2 heterocycles. The van der Waals surface area contributed by atoms with Gasteiger partial charge >= 0.3 is 0 Å². The highest BCUT2D eigenvalue weighted by atomic mass is 127. The zero-order valence-corrected chi connectivity index (χ0v) is 16.5. The van der Waals surface area contributed by atoms with Crippen LogP contribution in [0, 0.1) is 9.49 Å². The van der Waals surface area contributed by atoms with Crippen LogP contribution in [-0.4, -0.2) is 23.7 Å². The van der Waals surface area contributed by atoms with Gasteiger partial charge < -0.3 is 10.5 Å². The molecule has 1 spiro atoms. The van der Waals surface area contributed by atoms with Crippen LogP contribution in [0.2, 0.25) is 0 Å². The molecule has 2 N–H and O–H groups in total. The van der Waals surface area contributed by atoms with E-state index >= 15 is 0 Å². The fraction of sp³-hybridized carbons (Fsp3) is 0.625. The van der Waals surface area contributed by atoms with E-state index in [-0.39, 0.29) is 11.6 Å². The number of benzene rings is 1. The largest absolute Gasteiger partial charge is 0.375 e. The number of hydrogen-bond donors (Lipinski definition) is 1. The number of hydrogen-bond acceptors (Lipinski definition) is 3. The Morgan fingerprint density at radius 2 is 2.14 bits per heavy atom. The quantitative estimate of drug-likeness (QED) is 0.619. The molecule has 2 aliphatic rings. The molecule has 2 fully saturated rings. The summed E-state index contributed by atoms with van der Waals surface area (Å²) in [5, 5.41) is 0. The van der Waals surface area contributed by atoms with Crippen LogP contribution in [0.5, 0.6) is 0 Å². The normalized spacial score (nSPS) is 26.7. The van der Waals surface area contributed by atoms with Crippen LogP contribution >= 0.6 is 50.3 Å². The maximum absolute atomic E-state index is 6.64. The van der Waals surface area contributed by atoms with E-state index in [1.54, 1.807) is 0 Å². The summed E-state index contributed by atoms with van der Waals surface area (Å²) >= 11 is 8.08. The number of nitrogens with two attached hydrogens (primary N) is 1. The van der Waals surface area contributed by atoms with Crippen molar-refractivity contribution >= 4 is 50.3 Å². The first-order valence-corrected chi connectivity index (χ1v) is 10.5. The van der Waals surface area contributed by atoms with Crippen molar-refractivity contribution in [3.8, 4) is 0 Å². The Morgan fingerprint density at radius 1 is 1.38 bits per heavy atom. The zero-order valence-electron chi connectivity index (χ0n) is 12.0. The molecular weight excluding hydrogens is 461 g/mol. The number of halogens is 2. The minimum Gasteiger partial charge on any atom is -0.375 e. The minimum absolute atomic E-state index is 0.101. The second-order valence-corrected chi connectivity index (χ2v) is 9.41. The molecule has 0 bridgehead atoms. The molecule has 3 rings (SSSR count). The molecule has 2 unspecified atom stereocenters. The lowest BCUT2D eigenvalue weighted by Gasteiger charge is -2.45. The third-order valence-electron chi connectivity index (χ3n) is 4.76. The van der Waals surface area contributed by atoms with Crippen molar-refractivity contribution in [1.82, 2.24) is 0 Å². The fourth-order valence-electron chi connectivity index (χ4n) is 3.49. The van der Waals surface area contributed by atoms with Crippen LogP contribution in [0.1, 0.15) is 37.3 Å². The Balaban J connectivity index is 1.77. The summed E-state index contributed by atoms with van der Waals surface area (Å²) in [4.78, 5) is 0. The lowest BCUT2D eigenvalue weighted by atomic mass is 9.77. The Labute approximate surface area is 153 Å². The summed E-state index contributed by atoms with van der Waals surface area (Å²) in [7, 11) is 0. The van der Waals surface area contributed by atoms with Crippen molar-refractivity contribution in [2.24, 2.45) is 11.7 Å². The minimum atomic E-state index is 0.101. The van der Waals surface area contributed by atoms with E-state index in [0.29, 0.717) is 5.92 Å². The Kier molecular flexibility index (Phi) is 5.58. The third-order valence-corrected chi connectivity index (χ3v) is 7.14. The molecule has 0 saturated carbocycles. The van der Waals surface area contributed by atoms with E-state index in [1.165, 1.54) is 33.5 Å². The maximum atomic E-state index is 6.64. The second-order valence-electron chi connectivity index (χ2n) is 6.09. The average molecular weight is 482 g/mol. The molecule has 116 valence electrons. The van der Waals surface area contributed by atoms with Gasteiger partial charge in [0.25, 0.3) is 0 Å². The zero-order chi connectivity index (χ0) is 14.9. The van der Waals surface area contributed by atoms with Crippen LogP contribution < -0.4 is 5.73 Å². The first-order chi connectivity index (χ1) is 10.1. The fourth-order valence-corrected chi connectivity index (χ4v) is 5.75. The van der Waals surface area contributed by atoms with Crippen LogP contribution in [0.15, 0.2) is 22.7 Å². The van der Waals surface area contributed by atoms with Gasteiger partial charge in [0, 0.05) is 20.7 Å². The molecular formula is C16H21BrINOS. The average Bonchev–Trinajstić information content (AvgIpc) is 2.50. The van der Waals surface area contributed by atoms with Crippen LogP contribution in [0.25, 0.3) is 0 Å². The van der Waals surface area contributed by atoms with E-state index in [0.717, 1.165) is 23.9 Å². The summed E-state index contributed by atoms with van der Waals surface area (Å²) in [5.41, 5.74) is 7.99. The van der Waals surface area contributed by atoms with E-state index in [9.17, 15) is 0 Å². The van der Waals surface area contributed by atoms with Gasteiger partial charge in [-0.1, -0.05) is 15.9 Å². The highest BCUT2D eigenvalue weighted by Gasteiger charge is 2.40. The van der Waals surface area contributed by atoms with Gasteiger partial charge in [-0.2, -0.15) is 11.8 Å². The van der Waals surface area contributed by atoms with Crippen molar-refractivity contribution < 1.29 is 4.74 Å². The lowest BCUT2D eigenvalue weighted by Crippen LogP contribution is -2.45. The molecule has 0 aliphatic carbocycles. The lowest BCUT2D eigenvalue weighted by molar-refractivity contribution is -0.105. The molecule has 2 saturated heterocycles. The first kappa shape index (κ1) is 16.6. The van der Waals surface area contributed by atoms with Crippen molar-refractivity contribution in [3.05, 3.63) is 31.8 Å². The molecule has 0 amide bonds. The topological polar surface area (TPSA) is 35.2 Å². The van der Waals surface area contributed by atoms with Crippen LogP contribution in [0.3, 0.4) is 0 Å². The predicted molar refractivity (Wildman–Crippen MR) is 102 cm³/mol. The molecule has 1 aromatic carbocycles. The van der Waals surface area contributed by atoms with Crippen molar-refractivity contribution in [1.29, 1.82) is 0 Å². The number of thioether (sulfide) groups is 1. The summed E-state index contributed by atoms with van der Waals surface area (Å²) in [6, 6.07) is 6.55. The molecule has 5 heteroatoms. The van der Waals surface area contributed by atoms with Gasteiger partial charge in [-0.15, -0.1) is 0 Å². The molecule has 0 radical (unpaired) electrons. The standard InChI is InChI=1S/C16H21BrINOS/c17-14-2-1-12(18)9-13(14)15(19)11-3-6-20-16(10-11)4-7-21-8-5-16/h1-2,9,11,15H,3-8,10,19H2. The van der Waals surface area contributed by atoms with Gasteiger partial charge in [0.15, 0.2) is 0 Å². The van der Waals surface area contributed by atoms with E-state index in [1.807, 2.05) is 0 Å². The van der Waals surface area contributed by atoms with Gasteiger partial charge in [-0.25, -0.2) is 0 Å². The van der Waals surface area contributed by atoms with Crippen LogP contribution in [0.4, 0.5) is 0 Å². The van der Waals surface area contributed by atoms with Crippen molar-refractivity contribution in [3.63, 3.8) is 0 Å². The van der Waals surface area contributed by atoms with Crippen molar-refractivity contribution in [2.75, 3.05) is 18.1 Å².